The molecule has 3 atom stereocenters. The Morgan fingerprint density at radius 1 is 1.12 bits per heavy atom. The lowest BCUT2D eigenvalue weighted by Crippen LogP contribution is -2.36. The third-order valence-corrected chi connectivity index (χ3v) is 9.34. The van der Waals surface area contributed by atoms with Crippen molar-refractivity contribution >= 4 is 26.9 Å². The van der Waals surface area contributed by atoms with Gasteiger partial charge in [0, 0.05) is 10.4 Å². The Morgan fingerprint density at radius 3 is 2.28 bits per heavy atom. The Labute approximate surface area is 194 Å². The van der Waals surface area contributed by atoms with E-state index in [9.17, 15) is 9.13 Å². The van der Waals surface area contributed by atoms with Gasteiger partial charge >= 0.3 is 15.3 Å². The smallest absolute Gasteiger partial charge is 0.307 e. The van der Waals surface area contributed by atoms with Gasteiger partial charge < -0.3 is 4.52 Å². The molecule has 1 fully saturated rings. The summed E-state index contributed by atoms with van der Waals surface area (Å²) >= 11 is 6.05. The summed E-state index contributed by atoms with van der Waals surface area (Å²) in [6, 6.07) is 16.3. The molecule has 0 saturated carbocycles. The van der Waals surface area contributed by atoms with Gasteiger partial charge in [-0.3, -0.25) is 18.1 Å². The SMILES string of the molecule is CCOP(=O)(NC(c1ccc(Cl)cc1)P1(=O)OCC(C)(C)C(c2ccccc2)O1)OCC. The number of hydrogen-bond acceptors (Lipinski definition) is 6. The molecule has 1 N–H and O–H groups in total. The second-order valence-corrected chi connectivity index (χ2v) is 12.4. The Morgan fingerprint density at radius 2 is 1.72 bits per heavy atom. The topological polar surface area (TPSA) is 83.1 Å². The van der Waals surface area contributed by atoms with Crippen molar-refractivity contribution in [2.45, 2.75) is 39.6 Å². The van der Waals surface area contributed by atoms with E-state index < -0.39 is 32.6 Å². The summed E-state index contributed by atoms with van der Waals surface area (Å²) in [7, 11) is -7.69. The van der Waals surface area contributed by atoms with E-state index in [2.05, 4.69) is 5.09 Å². The molecule has 176 valence electrons. The maximum Gasteiger partial charge on any atom is 0.406 e. The molecular formula is C22H30ClNO6P2. The first kappa shape index (κ1) is 25.6. The van der Waals surface area contributed by atoms with Crippen molar-refractivity contribution in [3.63, 3.8) is 0 Å². The van der Waals surface area contributed by atoms with E-state index in [0.29, 0.717) is 10.6 Å². The molecule has 1 heterocycles. The van der Waals surface area contributed by atoms with Gasteiger partial charge in [-0.1, -0.05) is 67.9 Å². The number of rotatable bonds is 9. The Balaban J connectivity index is 2.03. The molecule has 1 saturated heterocycles. The molecule has 0 spiro atoms. The molecule has 10 heteroatoms. The van der Waals surface area contributed by atoms with E-state index >= 15 is 0 Å². The quantitative estimate of drug-likeness (QED) is 0.366. The van der Waals surface area contributed by atoms with Crippen molar-refractivity contribution in [1.82, 2.24) is 5.09 Å². The molecular weight excluding hydrogens is 472 g/mol. The highest BCUT2D eigenvalue weighted by Gasteiger charge is 2.51. The van der Waals surface area contributed by atoms with Crippen LogP contribution in [0.15, 0.2) is 54.6 Å². The lowest BCUT2D eigenvalue weighted by molar-refractivity contribution is -0.0301. The van der Waals surface area contributed by atoms with Crippen molar-refractivity contribution in [2.24, 2.45) is 5.41 Å². The number of halogens is 1. The molecule has 3 rings (SSSR count). The van der Waals surface area contributed by atoms with E-state index in [1.54, 1.807) is 38.1 Å². The molecule has 0 aromatic heterocycles. The first-order valence-electron chi connectivity index (χ1n) is 10.5. The number of benzene rings is 2. The average molecular weight is 502 g/mol. The van der Waals surface area contributed by atoms with Gasteiger partial charge in [-0.2, -0.15) is 0 Å². The summed E-state index contributed by atoms with van der Waals surface area (Å²) in [4.78, 5) is 0. The lowest BCUT2D eigenvalue weighted by atomic mass is 9.83. The predicted molar refractivity (Wildman–Crippen MR) is 126 cm³/mol. The van der Waals surface area contributed by atoms with Crippen LogP contribution in [0.2, 0.25) is 5.02 Å². The highest BCUT2D eigenvalue weighted by Crippen LogP contribution is 2.69. The highest BCUT2D eigenvalue weighted by molar-refractivity contribution is 7.57. The van der Waals surface area contributed by atoms with E-state index in [1.807, 2.05) is 44.2 Å². The minimum absolute atomic E-state index is 0.142. The molecule has 2 aromatic rings. The molecule has 0 radical (unpaired) electrons. The standard InChI is InChI=1S/C22H30ClNO6P2/c1-5-27-32(26,28-6-2)24-21(18-12-14-19(23)15-13-18)31(25)29-16-22(3,4)20(30-31)17-10-8-7-9-11-17/h7-15,20-21H,5-6,16H2,1-4H3,(H,24,26). The van der Waals surface area contributed by atoms with Crippen LogP contribution < -0.4 is 5.09 Å². The molecule has 0 bridgehead atoms. The van der Waals surface area contributed by atoms with Crippen molar-refractivity contribution in [1.29, 1.82) is 0 Å². The average Bonchev–Trinajstić information content (AvgIpc) is 2.76. The summed E-state index contributed by atoms with van der Waals surface area (Å²) in [6.45, 7) is 7.85. The van der Waals surface area contributed by atoms with Crippen molar-refractivity contribution in [3.05, 3.63) is 70.7 Å². The van der Waals surface area contributed by atoms with Crippen LogP contribution in [0.4, 0.5) is 0 Å². The molecule has 32 heavy (non-hydrogen) atoms. The van der Waals surface area contributed by atoms with Gasteiger partial charge in [0.1, 0.15) is 5.78 Å². The maximum atomic E-state index is 14.2. The molecule has 1 aliphatic heterocycles. The monoisotopic (exact) mass is 501 g/mol. The highest BCUT2D eigenvalue weighted by atomic mass is 35.5. The molecule has 7 nitrogen and oxygen atoms in total. The first-order chi connectivity index (χ1) is 15.1. The van der Waals surface area contributed by atoms with Crippen LogP contribution in [0, 0.1) is 5.41 Å². The minimum atomic E-state index is -3.89. The summed E-state index contributed by atoms with van der Waals surface area (Å²) in [5, 5.41) is 3.34. The lowest BCUT2D eigenvalue weighted by Gasteiger charge is -2.44. The molecule has 0 aliphatic carbocycles. The fourth-order valence-electron chi connectivity index (χ4n) is 3.50. The van der Waals surface area contributed by atoms with Gasteiger partial charge in [-0.25, -0.2) is 9.65 Å². The summed E-state index contributed by atoms with van der Waals surface area (Å²) in [5.74, 6) is -1.09. The van der Waals surface area contributed by atoms with Crippen LogP contribution in [-0.2, 0) is 27.2 Å². The van der Waals surface area contributed by atoms with E-state index in [4.69, 9.17) is 29.7 Å². The van der Waals surface area contributed by atoms with Crippen LogP contribution in [-0.4, -0.2) is 19.8 Å². The third kappa shape index (κ3) is 5.91. The van der Waals surface area contributed by atoms with Crippen LogP contribution in [0.1, 0.15) is 50.7 Å². The van der Waals surface area contributed by atoms with E-state index in [0.717, 1.165) is 5.56 Å². The van der Waals surface area contributed by atoms with Crippen LogP contribution in [0.3, 0.4) is 0 Å². The predicted octanol–water partition coefficient (Wildman–Crippen LogP) is 7.12. The number of nitrogens with one attached hydrogen (secondary N) is 1. The Kier molecular flexibility index (Phi) is 8.40. The van der Waals surface area contributed by atoms with Gasteiger partial charge in [0.2, 0.25) is 0 Å². The first-order valence-corrected chi connectivity index (χ1v) is 14.1. The second kappa shape index (κ2) is 10.5. The fourth-order valence-corrected chi connectivity index (χ4v) is 8.05. The van der Waals surface area contributed by atoms with Crippen molar-refractivity contribution < 1.29 is 27.2 Å². The zero-order valence-corrected chi connectivity index (χ0v) is 21.2. The number of hydrogen-bond donors (Lipinski definition) is 1. The van der Waals surface area contributed by atoms with Gasteiger partial charge in [-0.05, 0) is 37.1 Å². The normalized spacial score (nSPS) is 24.2. The van der Waals surface area contributed by atoms with Crippen molar-refractivity contribution in [2.75, 3.05) is 19.8 Å². The second-order valence-electron chi connectivity index (χ2n) is 8.11. The summed E-state index contributed by atoms with van der Waals surface area (Å²) in [5.41, 5.74) is 0.973. The fraction of sp³-hybridized carbons (Fsp3) is 0.455. The zero-order chi connectivity index (χ0) is 23.4. The van der Waals surface area contributed by atoms with Crippen LogP contribution in [0.5, 0.6) is 0 Å². The van der Waals surface area contributed by atoms with Gasteiger partial charge in [0.15, 0.2) is 0 Å². The maximum absolute atomic E-state index is 14.2. The van der Waals surface area contributed by atoms with Crippen LogP contribution >= 0.6 is 26.9 Å². The van der Waals surface area contributed by atoms with E-state index in [1.165, 1.54) is 0 Å². The molecule has 2 aromatic carbocycles. The summed E-state index contributed by atoms with van der Waals surface area (Å²) in [6.07, 6.45) is -0.501. The third-order valence-electron chi connectivity index (χ3n) is 5.06. The van der Waals surface area contributed by atoms with Crippen LogP contribution in [0.25, 0.3) is 0 Å². The van der Waals surface area contributed by atoms with Gasteiger partial charge in [0.05, 0.1) is 25.9 Å². The summed E-state index contributed by atoms with van der Waals surface area (Å²) < 4.78 is 50.4. The Bertz CT molecular complexity index is 976. The largest absolute Gasteiger partial charge is 0.406 e. The molecule has 0 amide bonds. The zero-order valence-electron chi connectivity index (χ0n) is 18.7. The Hall–Kier alpha value is -1.01. The van der Waals surface area contributed by atoms with Crippen molar-refractivity contribution in [3.8, 4) is 0 Å². The van der Waals surface area contributed by atoms with Gasteiger partial charge in [0.25, 0.3) is 0 Å². The van der Waals surface area contributed by atoms with Gasteiger partial charge in [-0.15, -0.1) is 0 Å². The minimum Gasteiger partial charge on any atom is -0.307 e. The molecule has 3 unspecified atom stereocenters. The van der Waals surface area contributed by atoms with E-state index in [-0.39, 0.29) is 19.8 Å². The molecule has 1 aliphatic rings.